The molecule has 4 heteroatoms. The van der Waals surface area contributed by atoms with Crippen LogP contribution in [0.5, 0.6) is 0 Å². The fraction of sp³-hybridized carbons (Fsp3) is 0.154. The van der Waals surface area contributed by atoms with Gasteiger partial charge in [0.25, 0.3) is 5.91 Å². The van der Waals surface area contributed by atoms with Crippen molar-refractivity contribution in [1.29, 1.82) is 0 Å². The predicted molar refractivity (Wildman–Crippen MR) is 71.6 cm³/mol. The van der Waals surface area contributed by atoms with Gasteiger partial charge in [-0.15, -0.1) is 11.3 Å². The molecule has 0 aliphatic heterocycles. The molecule has 0 bridgehead atoms. The standard InChI is InChI=1S/C13H12ClNOS/c1-15(8-10-5-3-2-4-6-10)13(16)12-7-11(14)9-17-12/h2-7,9H,8H2,1H3. The minimum absolute atomic E-state index is 0.00533. The van der Waals surface area contributed by atoms with E-state index in [9.17, 15) is 4.79 Å². The summed E-state index contributed by atoms with van der Waals surface area (Å²) in [5, 5.41) is 2.39. The maximum absolute atomic E-state index is 12.0. The van der Waals surface area contributed by atoms with Crippen LogP contribution in [0.25, 0.3) is 0 Å². The van der Waals surface area contributed by atoms with Gasteiger partial charge in [0.1, 0.15) is 0 Å². The molecule has 0 aliphatic carbocycles. The molecule has 2 rings (SSSR count). The highest BCUT2D eigenvalue weighted by molar-refractivity contribution is 7.12. The zero-order valence-corrected chi connectivity index (χ0v) is 11.0. The summed E-state index contributed by atoms with van der Waals surface area (Å²) < 4.78 is 0. The van der Waals surface area contributed by atoms with Crippen molar-refractivity contribution in [2.24, 2.45) is 0 Å². The lowest BCUT2D eigenvalue weighted by molar-refractivity contribution is 0.0790. The summed E-state index contributed by atoms with van der Waals surface area (Å²) in [5.74, 6) is 0.00533. The van der Waals surface area contributed by atoms with Gasteiger partial charge in [0.2, 0.25) is 0 Å². The van der Waals surface area contributed by atoms with E-state index in [2.05, 4.69) is 0 Å². The van der Waals surface area contributed by atoms with Crippen LogP contribution in [0, 0.1) is 0 Å². The molecule has 88 valence electrons. The van der Waals surface area contributed by atoms with Crippen LogP contribution in [0.1, 0.15) is 15.2 Å². The van der Waals surface area contributed by atoms with Crippen molar-refractivity contribution >= 4 is 28.8 Å². The lowest BCUT2D eigenvalue weighted by Crippen LogP contribution is -2.25. The van der Waals surface area contributed by atoms with Crippen molar-refractivity contribution < 1.29 is 4.79 Å². The van der Waals surface area contributed by atoms with E-state index in [1.807, 2.05) is 30.3 Å². The summed E-state index contributed by atoms with van der Waals surface area (Å²) in [4.78, 5) is 14.4. The second kappa shape index (κ2) is 5.34. The third-order valence-corrected chi connectivity index (χ3v) is 3.65. The maximum atomic E-state index is 12.0. The van der Waals surface area contributed by atoms with Gasteiger partial charge in [-0.2, -0.15) is 0 Å². The van der Waals surface area contributed by atoms with Gasteiger partial charge in [0.05, 0.1) is 9.90 Å². The first-order chi connectivity index (χ1) is 8.16. The van der Waals surface area contributed by atoms with Crippen molar-refractivity contribution in [2.75, 3.05) is 7.05 Å². The number of thiophene rings is 1. The molecule has 0 unspecified atom stereocenters. The van der Waals surface area contributed by atoms with E-state index in [4.69, 9.17) is 11.6 Å². The smallest absolute Gasteiger partial charge is 0.264 e. The van der Waals surface area contributed by atoms with Gasteiger partial charge in [-0.3, -0.25) is 4.79 Å². The highest BCUT2D eigenvalue weighted by Gasteiger charge is 2.13. The topological polar surface area (TPSA) is 20.3 Å². The number of benzene rings is 1. The number of halogens is 1. The first kappa shape index (κ1) is 12.1. The fourth-order valence-corrected chi connectivity index (χ4v) is 2.61. The molecular formula is C13H12ClNOS. The summed E-state index contributed by atoms with van der Waals surface area (Å²) in [6.07, 6.45) is 0. The average Bonchev–Trinajstić information content (AvgIpc) is 2.76. The van der Waals surface area contributed by atoms with Gasteiger partial charge in [-0.25, -0.2) is 0 Å². The quantitative estimate of drug-likeness (QED) is 0.829. The molecule has 1 aromatic carbocycles. The Morgan fingerprint density at radius 3 is 2.65 bits per heavy atom. The third kappa shape index (κ3) is 3.08. The van der Waals surface area contributed by atoms with Gasteiger partial charge in [-0.1, -0.05) is 41.9 Å². The first-order valence-electron chi connectivity index (χ1n) is 5.20. The number of rotatable bonds is 3. The molecule has 0 saturated heterocycles. The molecular weight excluding hydrogens is 254 g/mol. The molecule has 1 heterocycles. The molecule has 0 atom stereocenters. The molecule has 2 nitrogen and oxygen atoms in total. The number of carbonyl (C=O) groups excluding carboxylic acids is 1. The molecule has 0 spiro atoms. The Kier molecular flexibility index (Phi) is 3.82. The van der Waals surface area contributed by atoms with E-state index in [1.165, 1.54) is 11.3 Å². The van der Waals surface area contributed by atoms with Gasteiger partial charge in [-0.05, 0) is 11.6 Å². The minimum atomic E-state index is 0.00533. The van der Waals surface area contributed by atoms with Gasteiger partial charge in [0, 0.05) is 19.0 Å². The normalized spacial score (nSPS) is 10.2. The predicted octanol–water partition coefficient (Wildman–Crippen LogP) is 3.67. The van der Waals surface area contributed by atoms with E-state index in [0.717, 1.165) is 5.56 Å². The number of carbonyl (C=O) groups is 1. The van der Waals surface area contributed by atoms with E-state index in [1.54, 1.807) is 23.4 Å². The zero-order valence-electron chi connectivity index (χ0n) is 9.39. The van der Waals surface area contributed by atoms with Crippen LogP contribution < -0.4 is 0 Å². The van der Waals surface area contributed by atoms with E-state index in [0.29, 0.717) is 16.4 Å². The Labute approximate surface area is 109 Å². The zero-order chi connectivity index (χ0) is 12.3. The summed E-state index contributed by atoms with van der Waals surface area (Å²) in [5.41, 5.74) is 1.12. The molecule has 1 amide bonds. The number of amides is 1. The highest BCUT2D eigenvalue weighted by atomic mass is 35.5. The van der Waals surface area contributed by atoms with Crippen molar-refractivity contribution in [3.8, 4) is 0 Å². The Hall–Kier alpha value is -1.32. The van der Waals surface area contributed by atoms with E-state index < -0.39 is 0 Å². The molecule has 2 aromatic rings. The lowest BCUT2D eigenvalue weighted by Gasteiger charge is -2.16. The molecule has 0 saturated carbocycles. The summed E-state index contributed by atoms with van der Waals surface area (Å²) >= 11 is 7.18. The van der Waals surface area contributed by atoms with Gasteiger partial charge < -0.3 is 4.90 Å². The third-order valence-electron chi connectivity index (χ3n) is 2.39. The summed E-state index contributed by atoms with van der Waals surface area (Å²) in [6, 6.07) is 11.6. The minimum Gasteiger partial charge on any atom is -0.337 e. The second-order valence-corrected chi connectivity index (χ2v) is 5.12. The molecule has 0 N–H and O–H groups in total. The monoisotopic (exact) mass is 265 g/mol. The second-order valence-electron chi connectivity index (χ2n) is 3.78. The van der Waals surface area contributed by atoms with Crippen molar-refractivity contribution in [1.82, 2.24) is 4.90 Å². The van der Waals surface area contributed by atoms with Crippen LogP contribution in [0.2, 0.25) is 5.02 Å². The number of hydrogen-bond acceptors (Lipinski definition) is 2. The van der Waals surface area contributed by atoms with E-state index >= 15 is 0 Å². The summed E-state index contributed by atoms with van der Waals surface area (Å²) in [7, 11) is 1.79. The van der Waals surface area contributed by atoms with Crippen LogP contribution in [0.4, 0.5) is 0 Å². The molecule has 17 heavy (non-hydrogen) atoms. The Morgan fingerprint density at radius 2 is 2.06 bits per heavy atom. The van der Waals surface area contributed by atoms with Crippen molar-refractivity contribution in [3.05, 3.63) is 57.2 Å². The molecule has 0 aliphatic rings. The SMILES string of the molecule is CN(Cc1ccccc1)C(=O)c1cc(Cl)cs1. The van der Waals surface area contributed by atoms with Crippen LogP contribution in [0.15, 0.2) is 41.8 Å². The van der Waals surface area contributed by atoms with Crippen molar-refractivity contribution in [2.45, 2.75) is 6.54 Å². The maximum Gasteiger partial charge on any atom is 0.264 e. The van der Waals surface area contributed by atoms with Gasteiger partial charge in [0.15, 0.2) is 0 Å². The van der Waals surface area contributed by atoms with Gasteiger partial charge >= 0.3 is 0 Å². The van der Waals surface area contributed by atoms with E-state index in [-0.39, 0.29) is 5.91 Å². The van der Waals surface area contributed by atoms with Crippen LogP contribution in [-0.2, 0) is 6.54 Å². The summed E-state index contributed by atoms with van der Waals surface area (Å²) in [6.45, 7) is 0.606. The Balaban J connectivity index is 2.06. The highest BCUT2D eigenvalue weighted by Crippen LogP contribution is 2.20. The average molecular weight is 266 g/mol. The van der Waals surface area contributed by atoms with Crippen LogP contribution >= 0.6 is 22.9 Å². The van der Waals surface area contributed by atoms with Crippen molar-refractivity contribution in [3.63, 3.8) is 0 Å². The lowest BCUT2D eigenvalue weighted by atomic mass is 10.2. The largest absolute Gasteiger partial charge is 0.337 e. The Bertz CT molecular complexity index is 509. The molecule has 1 aromatic heterocycles. The molecule has 0 radical (unpaired) electrons. The van der Waals surface area contributed by atoms with Crippen LogP contribution in [0.3, 0.4) is 0 Å². The van der Waals surface area contributed by atoms with Crippen LogP contribution in [-0.4, -0.2) is 17.9 Å². The Morgan fingerprint density at radius 1 is 1.35 bits per heavy atom. The number of nitrogens with zero attached hydrogens (tertiary/aromatic N) is 1. The fourth-order valence-electron chi connectivity index (χ4n) is 1.54. The molecule has 0 fully saturated rings. The number of hydrogen-bond donors (Lipinski definition) is 0. The first-order valence-corrected chi connectivity index (χ1v) is 6.46.